The largest absolute Gasteiger partial charge is 0.494 e. The van der Waals surface area contributed by atoms with Gasteiger partial charge in [-0.15, -0.1) is 5.10 Å². The average Bonchev–Trinajstić information content (AvgIpc) is 3.16. The number of nitro groups is 1. The van der Waals surface area contributed by atoms with Gasteiger partial charge in [-0.1, -0.05) is 17.8 Å². The van der Waals surface area contributed by atoms with Crippen LogP contribution in [0.15, 0.2) is 47.8 Å². The van der Waals surface area contributed by atoms with Crippen molar-refractivity contribution in [2.24, 2.45) is 0 Å². The first-order valence-corrected chi connectivity index (χ1v) is 8.64. The second-order valence-electron chi connectivity index (χ2n) is 5.16. The van der Waals surface area contributed by atoms with Crippen LogP contribution < -0.4 is 10.1 Å². The maximum atomic E-state index is 12.2. The molecule has 138 valence electrons. The van der Waals surface area contributed by atoms with E-state index in [9.17, 15) is 14.9 Å². The lowest BCUT2D eigenvalue weighted by Crippen LogP contribution is -2.14. The Labute approximate surface area is 157 Å². The SMILES string of the molecule is COc1cc([N+](=O)[O-])ccc1NC(=O)CSc1n[nH]c(-c2ccccn2)n1. The van der Waals surface area contributed by atoms with Crippen LogP contribution >= 0.6 is 11.8 Å². The molecule has 2 heterocycles. The van der Waals surface area contributed by atoms with Crippen molar-refractivity contribution in [1.82, 2.24) is 20.2 Å². The van der Waals surface area contributed by atoms with Gasteiger partial charge in [-0.3, -0.25) is 25.0 Å². The van der Waals surface area contributed by atoms with Gasteiger partial charge in [0.15, 0.2) is 5.82 Å². The summed E-state index contributed by atoms with van der Waals surface area (Å²) in [6.07, 6.45) is 1.65. The number of aromatic nitrogens is 4. The number of carbonyl (C=O) groups excluding carboxylic acids is 1. The van der Waals surface area contributed by atoms with Gasteiger partial charge < -0.3 is 10.1 Å². The third-order valence-corrected chi connectivity index (χ3v) is 4.22. The number of benzene rings is 1. The van der Waals surface area contributed by atoms with Crippen LogP contribution in [-0.2, 0) is 4.79 Å². The number of nitrogens with one attached hydrogen (secondary N) is 2. The number of hydrogen-bond acceptors (Lipinski definition) is 8. The molecular weight excluding hydrogens is 372 g/mol. The van der Waals surface area contributed by atoms with Gasteiger partial charge in [-0.25, -0.2) is 0 Å². The summed E-state index contributed by atoms with van der Waals surface area (Å²) in [4.78, 5) is 30.9. The second kappa shape index (κ2) is 8.27. The Morgan fingerprint density at radius 3 is 2.93 bits per heavy atom. The summed E-state index contributed by atoms with van der Waals surface area (Å²) in [5.74, 6) is 0.449. The molecule has 2 aromatic heterocycles. The highest BCUT2D eigenvalue weighted by Crippen LogP contribution is 2.29. The molecule has 3 rings (SSSR count). The number of amides is 1. The van der Waals surface area contributed by atoms with Crippen molar-refractivity contribution < 1.29 is 14.5 Å². The Bertz CT molecular complexity index is 963. The molecule has 10 nitrogen and oxygen atoms in total. The highest BCUT2D eigenvalue weighted by atomic mass is 32.2. The number of anilines is 1. The number of hydrogen-bond donors (Lipinski definition) is 2. The van der Waals surface area contributed by atoms with Gasteiger partial charge >= 0.3 is 0 Å². The van der Waals surface area contributed by atoms with Crippen LogP contribution in [0.5, 0.6) is 5.75 Å². The van der Waals surface area contributed by atoms with E-state index in [1.165, 1.54) is 25.3 Å². The molecule has 0 saturated carbocycles. The normalized spacial score (nSPS) is 10.4. The number of nitro benzene ring substituents is 1. The predicted octanol–water partition coefficient (Wildman–Crippen LogP) is 2.51. The molecule has 0 bridgehead atoms. The molecule has 0 fully saturated rings. The Hall–Kier alpha value is -3.47. The third kappa shape index (κ3) is 4.58. The van der Waals surface area contributed by atoms with Gasteiger partial charge in [0, 0.05) is 12.3 Å². The van der Waals surface area contributed by atoms with Crippen LogP contribution in [0.1, 0.15) is 0 Å². The van der Waals surface area contributed by atoms with Crippen molar-refractivity contribution in [2.45, 2.75) is 5.16 Å². The van der Waals surface area contributed by atoms with Crippen molar-refractivity contribution in [1.29, 1.82) is 0 Å². The minimum absolute atomic E-state index is 0.0552. The maximum Gasteiger partial charge on any atom is 0.273 e. The van der Waals surface area contributed by atoms with E-state index in [0.717, 1.165) is 11.8 Å². The van der Waals surface area contributed by atoms with Crippen molar-refractivity contribution in [2.75, 3.05) is 18.2 Å². The molecule has 1 aromatic carbocycles. The van der Waals surface area contributed by atoms with Crippen LogP contribution in [0.4, 0.5) is 11.4 Å². The standard InChI is InChI=1S/C16H14N6O4S/c1-26-13-8-10(22(24)25)5-6-11(13)18-14(23)9-27-16-19-15(20-21-16)12-4-2-3-7-17-12/h2-8H,9H2,1H3,(H,18,23)(H,19,20,21). The lowest BCUT2D eigenvalue weighted by Gasteiger charge is -2.09. The Morgan fingerprint density at radius 1 is 1.37 bits per heavy atom. The molecule has 0 aliphatic rings. The predicted molar refractivity (Wildman–Crippen MR) is 98.6 cm³/mol. The van der Waals surface area contributed by atoms with Crippen LogP contribution in [0.25, 0.3) is 11.5 Å². The Kier molecular flexibility index (Phi) is 5.61. The van der Waals surface area contributed by atoms with E-state index in [2.05, 4.69) is 25.5 Å². The van der Waals surface area contributed by atoms with E-state index in [1.807, 2.05) is 6.07 Å². The van der Waals surface area contributed by atoms with E-state index in [0.29, 0.717) is 22.4 Å². The summed E-state index contributed by atoms with van der Waals surface area (Å²) in [5, 5.41) is 20.7. The fraction of sp³-hybridized carbons (Fsp3) is 0.125. The minimum Gasteiger partial charge on any atom is -0.494 e. The van der Waals surface area contributed by atoms with Gasteiger partial charge in [-0.05, 0) is 18.2 Å². The van der Waals surface area contributed by atoms with Crippen molar-refractivity contribution in [3.63, 3.8) is 0 Å². The van der Waals surface area contributed by atoms with Crippen molar-refractivity contribution in [3.8, 4) is 17.3 Å². The lowest BCUT2D eigenvalue weighted by atomic mass is 10.2. The van der Waals surface area contributed by atoms with Crippen LogP contribution in [0.2, 0.25) is 0 Å². The summed E-state index contributed by atoms with van der Waals surface area (Å²) in [5.41, 5.74) is 0.872. The number of non-ortho nitro benzene ring substituents is 1. The number of ether oxygens (including phenoxy) is 1. The molecule has 3 aromatic rings. The number of thioether (sulfide) groups is 1. The fourth-order valence-corrected chi connectivity index (χ4v) is 2.74. The Morgan fingerprint density at radius 2 is 2.22 bits per heavy atom. The molecule has 0 unspecified atom stereocenters. The summed E-state index contributed by atoms with van der Waals surface area (Å²) in [7, 11) is 1.37. The summed E-state index contributed by atoms with van der Waals surface area (Å²) < 4.78 is 5.09. The lowest BCUT2D eigenvalue weighted by molar-refractivity contribution is -0.384. The zero-order chi connectivity index (χ0) is 19.2. The molecule has 0 aliphatic carbocycles. The first-order chi connectivity index (χ1) is 13.1. The van der Waals surface area contributed by atoms with E-state index in [-0.39, 0.29) is 23.1 Å². The van der Waals surface area contributed by atoms with Crippen LogP contribution in [0.3, 0.4) is 0 Å². The highest BCUT2D eigenvalue weighted by molar-refractivity contribution is 7.99. The first-order valence-electron chi connectivity index (χ1n) is 7.65. The third-order valence-electron chi connectivity index (χ3n) is 3.37. The quantitative estimate of drug-likeness (QED) is 0.359. The first kappa shape index (κ1) is 18.3. The highest BCUT2D eigenvalue weighted by Gasteiger charge is 2.14. The van der Waals surface area contributed by atoms with E-state index in [4.69, 9.17) is 4.74 Å². The number of pyridine rings is 1. The average molecular weight is 386 g/mol. The number of methoxy groups -OCH3 is 1. The molecule has 27 heavy (non-hydrogen) atoms. The molecular formula is C16H14N6O4S. The molecule has 1 amide bonds. The van der Waals surface area contributed by atoms with E-state index >= 15 is 0 Å². The number of carbonyl (C=O) groups is 1. The van der Waals surface area contributed by atoms with Crippen LogP contribution in [-0.4, -0.2) is 43.9 Å². The monoisotopic (exact) mass is 386 g/mol. The van der Waals surface area contributed by atoms with Gasteiger partial charge in [0.05, 0.1) is 29.5 Å². The van der Waals surface area contributed by atoms with Crippen molar-refractivity contribution >= 4 is 29.0 Å². The fourth-order valence-electron chi connectivity index (χ4n) is 2.14. The molecule has 0 spiro atoms. The van der Waals surface area contributed by atoms with E-state index in [1.54, 1.807) is 18.3 Å². The summed E-state index contributed by atoms with van der Waals surface area (Å²) >= 11 is 1.14. The summed E-state index contributed by atoms with van der Waals surface area (Å²) in [6.45, 7) is 0. The number of H-pyrrole nitrogens is 1. The number of nitrogens with zero attached hydrogens (tertiary/aromatic N) is 4. The topological polar surface area (TPSA) is 136 Å². The number of rotatable bonds is 7. The second-order valence-corrected chi connectivity index (χ2v) is 6.10. The van der Waals surface area contributed by atoms with E-state index < -0.39 is 4.92 Å². The molecule has 0 saturated heterocycles. The van der Waals surface area contributed by atoms with Crippen LogP contribution in [0, 0.1) is 10.1 Å². The van der Waals surface area contributed by atoms with Gasteiger partial charge in [0.2, 0.25) is 11.1 Å². The van der Waals surface area contributed by atoms with Gasteiger partial charge in [0.1, 0.15) is 11.4 Å². The minimum atomic E-state index is -0.535. The van der Waals surface area contributed by atoms with Gasteiger partial charge in [-0.2, -0.15) is 4.98 Å². The Balaban J connectivity index is 1.60. The molecule has 0 atom stereocenters. The smallest absolute Gasteiger partial charge is 0.273 e. The molecule has 0 aliphatic heterocycles. The molecule has 0 radical (unpaired) electrons. The van der Waals surface area contributed by atoms with Gasteiger partial charge in [0.25, 0.3) is 5.69 Å². The number of aromatic amines is 1. The zero-order valence-corrected chi connectivity index (χ0v) is 14.9. The maximum absolute atomic E-state index is 12.2. The van der Waals surface area contributed by atoms with Crippen molar-refractivity contribution in [3.05, 3.63) is 52.7 Å². The molecule has 11 heteroatoms. The zero-order valence-electron chi connectivity index (χ0n) is 14.1. The summed E-state index contributed by atoms with van der Waals surface area (Å²) in [6, 6.07) is 9.39. The molecule has 2 N–H and O–H groups in total.